The minimum Gasteiger partial charge on any atom is -0.375 e. The number of benzene rings is 1. The summed E-state index contributed by atoms with van der Waals surface area (Å²) < 4.78 is 0. The molecule has 0 saturated carbocycles. The fourth-order valence-corrected chi connectivity index (χ4v) is 1.73. The van der Waals surface area contributed by atoms with Crippen LogP contribution >= 0.6 is 12.2 Å². The average Bonchev–Trinajstić information content (AvgIpc) is 2.62. The predicted octanol–water partition coefficient (Wildman–Crippen LogP) is -0.384. The molecule has 1 aromatic rings. The lowest BCUT2D eigenvalue weighted by Gasteiger charge is -2.07. The molecule has 1 aliphatic heterocycles. The van der Waals surface area contributed by atoms with E-state index in [1.807, 2.05) is 6.07 Å². The molecule has 0 aromatic heterocycles. The highest BCUT2D eigenvalue weighted by molar-refractivity contribution is 7.80. The number of carbonyl (C=O) groups excluding carboxylic acids is 2. The van der Waals surface area contributed by atoms with Gasteiger partial charge in [-0.2, -0.15) is 5.10 Å². The number of thiocarbonyl (C=S) groups is 1. The van der Waals surface area contributed by atoms with Crippen molar-refractivity contribution in [1.82, 2.24) is 10.7 Å². The summed E-state index contributed by atoms with van der Waals surface area (Å²) in [7, 11) is 0. The summed E-state index contributed by atoms with van der Waals surface area (Å²) in [6, 6.07) is 8.88. The molecule has 1 aliphatic rings. The predicted molar refractivity (Wildman–Crippen MR) is 69.7 cm³/mol. The Morgan fingerprint density at radius 1 is 1.33 bits per heavy atom. The largest absolute Gasteiger partial charge is 0.375 e. The van der Waals surface area contributed by atoms with Crippen LogP contribution in [0.2, 0.25) is 0 Å². The van der Waals surface area contributed by atoms with Crippen molar-refractivity contribution < 1.29 is 9.59 Å². The van der Waals surface area contributed by atoms with Crippen molar-refractivity contribution in [2.75, 3.05) is 0 Å². The summed E-state index contributed by atoms with van der Waals surface area (Å²) in [5, 5.41) is 5.92. The molecule has 1 heterocycles. The third kappa shape index (κ3) is 2.35. The van der Waals surface area contributed by atoms with Crippen LogP contribution in [0, 0.1) is 0 Å². The summed E-state index contributed by atoms with van der Waals surface area (Å²) in [5.74, 6) is -1.69. The Kier molecular flexibility index (Phi) is 3.33. The smallest absolute Gasteiger partial charge is 0.275 e. The van der Waals surface area contributed by atoms with Crippen LogP contribution in [0.15, 0.2) is 35.4 Å². The zero-order chi connectivity index (χ0) is 13.1. The van der Waals surface area contributed by atoms with Gasteiger partial charge in [0.25, 0.3) is 5.91 Å². The second-order valence-corrected chi connectivity index (χ2v) is 4.07. The third-order valence-corrected chi connectivity index (χ3v) is 2.52. The zero-order valence-corrected chi connectivity index (χ0v) is 10.0. The molecule has 1 aromatic carbocycles. The third-order valence-electron chi connectivity index (χ3n) is 2.42. The number of hydrogen-bond acceptors (Lipinski definition) is 4. The van der Waals surface area contributed by atoms with E-state index in [1.165, 1.54) is 0 Å². The van der Waals surface area contributed by atoms with Crippen LogP contribution in [0.5, 0.6) is 0 Å². The first-order valence-electron chi connectivity index (χ1n) is 5.12. The topological polar surface area (TPSA) is 96.6 Å². The van der Waals surface area contributed by atoms with E-state index in [4.69, 9.17) is 5.73 Å². The molecular formula is C11H10N4O2S. The van der Waals surface area contributed by atoms with E-state index < -0.39 is 17.7 Å². The van der Waals surface area contributed by atoms with Crippen LogP contribution in [-0.2, 0) is 9.59 Å². The van der Waals surface area contributed by atoms with E-state index in [0.29, 0.717) is 5.56 Å². The molecule has 92 valence electrons. The standard InChI is InChI=1S/C11H10N4O2S/c12-11(18)15-14-8-7(9(16)13-10(8)17)6-4-2-1-3-5-6/h1-5,7H,(H3,12,15,18)(H,13,16,17)/b14-8-/t7-/m1/s1. The van der Waals surface area contributed by atoms with Crippen molar-refractivity contribution in [3.05, 3.63) is 35.9 Å². The van der Waals surface area contributed by atoms with Crippen molar-refractivity contribution in [2.45, 2.75) is 5.92 Å². The molecule has 2 rings (SSSR count). The van der Waals surface area contributed by atoms with Gasteiger partial charge < -0.3 is 5.73 Å². The minimum atomic E-state index is -0.736. The van der Waals surface area contributed by atoms with Gasteiger partial charge in [0, 0.05) is 0 Å². The average molecular weight is 262 g/mol. The normalized spacial score (nSPS) is 20.9. The van der Waals surface area contributed by atoms with Crippen molar-refractivity contribution in [3.8, 4) is 0 Å². The van der Waals surface area contributed by atoms with Gasteiger partial charge in [-0.3, -0.25) is 20.3 Å². The summed E-state index contributed by atoms with van der Waals surface area (Å²) in [6.45, 7) is 0. The lowest BCUT2D eigenvalue weighted by Crippen LogP contribution is -2.28. The summed E-state index contributed by atoms with van der Waals surface area (Å²) in [4.78, 5) is 23.3. The Labute approximate surface area is 108 Å². The van der Waals surface area contributed by atoms with Crippen LogP contribution < -0.4 is 16.5 Å². The summed E-state index contributed by atoms with van der Waals surface area (Å²) in [6.07, 6.45) is 0. The molecular weight excluding hydrogens is 252 g/mol. The molecule has 4 N–H and O–H groups in total. The number of amides is 2. The number of hydrogen-bond donors (Lipinski definition) is 3. The van der Waals surface area contributed by atoms with E-state index >= 15 is 0 Å². The van der Waals surface area contributed by atoms with E-state index in [1.54, 1.807) is 24.3 Å². The molecule has 0 bridgehead atoms. The fraction of sp³-hybridized carbons (Fsp3) is 0.0909. The molecule has 0 aliphatic carbocycles. The van der Waals surface area contributed by atoms with Crippen LogP contribution in [0.4, 0.5) is 0 Å². The van der Waals surface area contributed by atoms with Gasteiger partial charge in [-0.05, 0) is 17.8 Å². The molecule has 1 atom stereocenters. The van der Waals surface area contributed by atoms with Crippen LogP contribution in [-0.4, -0.2) is 22.6 Å². The van der Waals surface area contributed by atoms with E-state index in [0.717, 1.165) is 0 Å². The molecule has 18 heavy (non-hydrogen) atoms. The number of rotatable bonds is 2. The van der Waals surface area contributed by atoms with E-state index in [-0.39, 0.29) is 10.8 Å². The van der Waals surface area contributed by atoms with Crippen molar-refractivity contribution in [2.24, 2.45) is 10.8 Å². The van der Waals surface area contributed by atoms with E-state index in [2.05, 4.69) is 28.1 Å². The molecule has 6 nitrogen and oxygen atoms in total. The Bertz CT molecular complexity index is 541. The highest BCUT2D eigenvalue weighted by atomic mass is 32.1. The zero-order valence-electron chi connectivity index (χ0n) is 9.21. The number of nitrogens with one attached hydrogen (secondary N) is 2. The molecule has 1 fully saturated rings. The SMILES string of the molecule is NC(=S)N/N=C1\C(=O)NC(=O)[C@@H]1c1ccccc1. The van der Waals surface area contributed by atoms with Crippen molar-refractivity contribution in [1.29, 1.82) is 0 Å². The van der Waals surface area contributed by atoms with Gasteiger partial charge in [0.2, 0.25) is 5.91 Å². The maximum atomic E-state index is 11.7. The van der Waals surface area contributed by atoms with Crippen LogP contribution in [0.1, 0.15) is 11.5 Å². The van der Waals surface area contributed by atoms with Gasteiger partial charge in [0.05, 0.1) is 0 Å². The van der Waals surface area contributed by atoms with Gasteiger partial charge in [0.1, 0.15) is 11.6 Å². The van der Waals surface area contributed by atoms with Gasteiger partial charge in [-0.15, -0.1) is 0 Å². The number of imide groups is 1. The second kappa shape index (κ2) is 4.92. The summed E-state index contributed by atoms with van der Waals surface area (Å²) >= 11 is 4.60. The van der Waals surface area contributed by atoms with Gasteiger partial charge in [0.15, 0.2) is 5.11 Å². The van der Waals surface area contributed by atoms with Crippen molar-refractivity contribution in [3.63, 3.8) is 0 Å². The molecule has 0 spiro atoms. The van der Waals surface area contributed by atoms with Crippen molar-refractivity contribution >= 4 is 34.9 Å². The number of nitrogens with zero attached hydrogens (tertiary/aromatic N) is 1. The second-order valence-electron chi connectivity index (χ2n) is 3.64. The maximum Gasteiger partial charge on any atom is 0.275 e. The Balaban J connectivity index is 2.37. The molecule has 0 radical (unpaired) electrons. The van der Waals surface area contributed by atoms with Crippen LogP contribution in [0.3, 0.4) is 0 Å². The number of hydrazone groups is 1. The Hall–Kier alpha value is -2.28. The first kappa shape index (κ1) is 12.2. The highest BCUT2D eigenvalue weighted by Gasteiger charge is 2.39. The lowest BCUT2D eigenvalue weighted by molar-refractivity contribution is -0.124. The molecule has 0 unspecified atom stereocenters. The fourth-order valence-electron chi connectivity index (χ4n) is 1.69. The Morgan fingerprint density at radius 3 is 2.61 bits per heavy atom. The van der Waals surface area contributed by atoms with Gasteiger partial charge >= 0.3 is 0 Å². The first-order chi connectivity index (χ1) is 8.59. The maximum absolute atomic E-state index is 11.7. The van der Waals surface area contributed by atoms with E-state index in [9.17, 15) is 9.59 Å². The summed E-state index contributed by atoms with van der Waals surface area (Å²) in [5.41, 5.74) is 8.29. The quantitative estimate of drug-likeness (QED) is 0.383. The first-order valence-corrected chi connectivity index (χ1v) is 5.53. The molecule has 1 saturated heterocycles. The lowest BCUT2D eigenvalue weighted by atomic mass is 9.96. The monoisotopic (exact) mass is 262 g/mol. The van der Waals surface area contributed by atoms with Crippen LogP contribution in [0.25, 0.3) is 0 Å². The minimum absolute atomic E-state index is 0.0546. The Morgan fingerprint density at radius 2 is 2.00 bits per heavy atom. The molecule has 2 amide bonds. The molecule has 7 heteroatoms. The number of carbonyl (C=O) groups is 2. The van der Waals surface area contributed by atoms with Gasteiger partial charge in [-0.25, -0.2) is 0 Å². The number of nitrogens with two attached hydrogens (primary N) is 1. The highest BCUT2D eigenvalue weighted by Crippen LogP contribution is 2.21. The van der Waals surface area contributed by atoms with Gasteiger partial charge in [-0.1, -0.05) is 30.3 Å².